The number of carboxylic acids is 1. The lowest BCUT2D eigenvalue weighted by atomic mass is 10.0. The van der Waals surface area contributed by atoms with Crippen molar-refractivity contribution in [3.63, 3.8) is 0 Å². The maximum atomic E-state index is 11.8. The van der Waals surface area contributed by atoms with E-state index in [-0.39, 0.29) is 5.57 Å². The number of hydrogen-bond acceptors (Lipinski definition) is 4. The molecular weight excluding hydrogens is 380 g/mol. The number of carboxylic acid groups (broad SMARTS) is 1. The molecule has 0 saturated carbocycles. The van der Waals surface area contributed by atoms with Crippen LogP contribution in [0.1, 0.15) is 21.5 Å². The summed E-state index contributed by atoms with van der Waals surface area (Å²) in [5.41, 5.74) is 8.63. The molecule has 4 aromatic rings. The molecule has 0 aliphatic heterocycles. The third-order valence-electron chi connectivity index (χ3n) is 4.63. The van der Waals surface area contributed by atoms with Gasteiger partial charge in [-0.05, 0) is 48.0 Å². The maximum Gasteiger partial charge on any atom is 0.336 e. The van der Waals surface area contributed by atoms with Gasteiger partial charge in [-0.1, -0.05) is 30.3 Å². The molecule has 0 aliphatic rings. The number of H-pyrrole nitrogens is 1. The molecule has 0 spiro atoms. The van der Waals surface area contributed by atoms with Crippen LogP contribution < -0.4 is 11.1 Å². The standard InChI is InChI=1S/C23H18N4O3/c24-21(28)15-6-8-17(9-7-15)26-20-11-10-18-16(13-25-22(18)27-20)12-19(23(29)30)14-4-2-1-3-5-14/h1-13H,(H2,24,28)(H,29,30)(H2,25,26,27). The fraction of sp³-hybridized carbons (Fsp3) is 0. The lowest BCUT2D eigenvalue weighted by molar-refractivity contribution is -0.130. The third kappa shape index (κ3) is 3.90. The van der Waals surface area contributed by atoms with Gasteiger partial charge in [0.25, 0.3) is 0 Å². The molecule has 148 valence electrons. The molecule has 0 saturated heterocycles. The number of benzene rings is 2. The van der Waals surface area contributed by atoms with E-state index >= 15 is 0 Å². The Morgan fingerprint density at radius 3 is 2.37 bits per heavy atom. The van der Waals surface area contributed by atoms with Gasteiger partial charge in [-0.3, -0.25) is 4.79 Å². The number of aliphatic carboxylic acids is 1. The van der Waals surface area contributed by atoms with Gasteiger partial charge in [0.1, 0.15) is 11.5 Å². The normalized spacial score (nSPS) is 11.4. The Morgan fingerprint density at radius 1 is 0.967 bits per heavy atom. The van der Waals surface area contributed by atoms with Crippen molar-refractivity contribution in [2.45, 2.75) is 0 Å². The number of rotatable bonds is 6. The number of hydrogen-bond donors (Lipinski definition) is 4. The number of carbonyl (C=O) groups is 2. The highest BCUT2D eigenvalue weighted by Gasteiger charge is 2.12. The number of fused-ring (bicyclic) bond motifs is 1. The van der Waals surface area contributed by atoms with Crippen molar-refractivity contribution in [3.05, 3.63) is 89.6 Å². The van der Waals surface area contributed by atoms with Gasteiger partial charge in [0.15, 0.2) is 0 Å². The molecule has 1 amide bonds. The zero-order valence-corrected chi connectivity index (χ0v) is 15.8. The van der Waals surface area contributed by atoms with E-state index in [9.17, 15) is 14.7 Å². The maximum absolute atomic E-state index is 11.8. The van der Waals surface area contributed by atoms with Crippen LogP contribution in [-0.4, -0.2) is 27.0 Å². The van der Waals surface area contributed by atoms with E-state index in [0.717, 1.165) is 16.6 Å². The Labute approximate surface area is 171 Å². The van der Waals surface area contributed by atoms with E-state index in [0.29, 0.717) is 22.6 Å². The molecule has 30 heavy (non-hydrogen) atoms. The number of carbonyl (C=O) groups excluding carboxylic acids is 1. The number of anilines is 2. The molecule has 2 aromatic heterocycles. The summed E-state index contributed by atoms with van der Waals surface area (Å²) in [7, 11) is 0. The number of aromatic nitrogens is 2. The number of aromatic amines is 1. The Morgan fingerprint density at radius 2 is 1.70 bits per heavy atom. The van der Waals surface area contributed by atoms with Crippen LogP contribution in [0.3, 0.4) is 0 Å². The Bertz CT molecular complexity index is 1260. The van der Waals surface area contributed by atoms with Gasteiger partial charge in [-0.25, -0.2) is 9.78 Å². The molecule has 0 radical (unpaired) electrons. The van der Waals surface area contributed by atoms with E-state index in [1.54, 1.807) is 66.9 Å². The fourth-order valence-electron chi connectivity index (χ4n) is 3.12. The Kier molecular flexibility index (Phi) is 5.00. The van der Waals surface area contributed by atoms with Crippen LogP contribution in [0.2, 0.25) is 0 Å². The summed E-state index contributed by atoms with van der Waals surface area (Å²) in [6.45, 7) is 0. The van der Waals surface area contributed by atoms with Gasteiger partial charge in [-0.15, -0.1) is 0 Å². The van der Waals surface area contributed by atoms with Crippen molar-refractivity contribution in [3.8, 4) is 0 Å². The minimum Gasteiger partial charge on any atom is -0.478 e. The number of amides is 1. The summed E-state index contributed by atoms with van der Waals surface area (Å²) in [6.07, 6.45) is 3.36. The first kappa shape index (κ1) is 18.9. The molecule has 2 heterocycles. The zero-order chi connectivity index (χ0) is 21.1. The highest BCUT2D eigenvalue weighted by molar-refractivity contribution is 6.21. The number of nitrogens with two attached hydrogens (primary N) is 1. The summed E-state index contributed by atoms with van der Waals surface area (Å²) >= 11 is 0. The summed E-state index contributed by atoms with van der Waals surface area (Å²) in [5, 5.41) is 13.6. The van der Waals surface area contributed by atoms with Gasteiger partial charge in [0.05, 0.1) is 5.57 Å². The molecule has 0 aliphatic carbocycles. The van der Waals surface area contributed by atoms with Crippen molar-refractivity contribution in [2.75, 3.05) is 5.32 Å². The van der Waals surface area contributed by atoms with Crippen LogP contribution in [0.25, 0.3) is 22.7 Å². The molecular formula is C23H18N4O3. The van der Waals surface area contributed by atoms with Crippen LogP contribution in [-0.2, 0) is 4.79 Å². The topological polar surface area (TPSA) is 121 Å². The molecule has 5 N–H and O–H groups in total. The van der Waals surface area contributed by atoms with E-state index in [1.165, 1.54) is 0 Å². The second-order valence-corrected chi connectivity index (χ2v) is 6.63. The zero-order valence-electron chi connectivity index (χ0n) is 15.8. The smallest absolute Gasteiger partial charge is 0.336 e. The summed E-state index contributed by atoms with van der Waals surface area (Å²) in [6, 6.07) is 19.4. The predicted molar refractivity (Wildman–Crippen MR) is 116 cm³/mol. The van der Waals surface area contributed by atoms with Gasteiger partial charge < -0.3 is 21.1 Å². The molecule has 0 unspecified atom stereocenters. The largest absolute Gasteiger partial charge is 0.478 e. The first-order valence-electron chi connectivity index (χ1n) is 9.17. The van der Waals surface area contributed by atoms with Gasteiger partial charge in [0, 0.05) is 28.4 Å². The van der Waals surface area contributed by atoms with Crippen LogP contribution >= 0.6 is 0 Å². The summed E-state index contributed by atoms with van der Waals surface area (Å²) < 4.78 is 0. The molecule has 4 rings (SSSR count). The van der Waals surface area contributed by atoms with E-state index in [1.807, 2.05) is 12.1 Å². The van der Waals surface area contributed by atoms with Gasteiger partial charge >= 0.3 is 5.97 Å². The highest BCUT2D eigenvalue weighted by atomic mass is 16.4. The van der Waals surface area contributed by atoms with Crippen LogP contribution in [0.5, 0.6) is 0 Å². The van der Waals surface area contributed by atoms with Gasteiger partial charge in [0.2, 0.25) is 5.91 Å². The lowest BCUT2D eigenvalue weighted by Crippen LogP contribution is -2.10. The van der Waals surface area contributed by atoms with Crippen LogP contribution in [0.15, 0.2) is 72.9 Å². The van der Waals surface area contributed by atoms with Crippen molar-refractivity contribution >= 4 is 46.1 Å². The second kappa shape index (κ2) is 7.92. The molecule has 0 bridgehead atoms. The average molecular weight is 398 g/mol. The molecule has 0 atom stereocenters. The van der Waals surface area contributed by atoms with Crippen molar-refractivity contribution in [1.82, 2.24) is 9.97 Å². The molecule has 0 fully saturated rings. The van der Waals surface area contributed by atoms with E-state index in [4.69, 9.17) is 5.73 Å². The van der Waals surface area contributed by atoms with Crippen LogP contribution in [0.4, 0.5) is 11.5 Å². The Hall–Kier alpha value is -4.39. The summed E-state index contributed by atoms with van der Waals surface area (Å²) in [5.74, 6) is -0.876. The minimum absolute atomic E-state index is 0.202. The first-order valence-corrected chi connectivity index (χ1v) is 9.17. The Balaban J connectivity index is 1.63. The monoisotopic (exact) mass is 398 g/mol. The lowest BCUT2D eigenvalue weighted by Gasteiger charge is -2.06. The van der Waals surface area contributed by atoms with E-state index < -0.39 is 11.9 Å². The van der Waals surface area contributed by atoms with E-state index in [2.05, 4.69) is 15.3 Å². The molecule has 7 nitrogen and oxygen atoms in total. The second-order valence-electron chi connectivity index (χ2n) is 6.63. The highest BCUT2D eigenvalue weighted by Crippen LogP contribution is 2.25. The SMILES string of the molecule is NC(=O)c1ccc(Nc2ccc3c(C=C(C(=O)O)c4ccccc4)c[nH]c3n2)cc1. The van der Waals surface area contributed by atoms with Crippen molar-refractivity contribution in [2.24, 2.45) is 5.73 Å². The van der Waals surface area contributed by atoms with Gasteiger partial charge in [-0.2, -0.15) is 0 Å². The third-order valence-corrected chi connectivity index (χ3v) is 4.63. The average Bonchev–Trinajstić information content (AvgIpc) is 3.15. The number of primary amides is 1. The minimum atomic E-state index is -0.999. The van der Waals surface area contributed by atoms with Crippen molar-refractivity contribution in [1.29, 1.82) is 0 Å². The van der Waals surface area contributed by atoms with Crippen LogP contribution in [0, 0.1) is 0 Å². The van der Waals surface area contributed by atoms with Crippen molar-refractivity contribution < 1.29 is 14.7 Å². The molecule has 7 heteroatoms. The quantitative estimate of drug-likeness (QED) is 0.365. The summed E-state index contributed by atoms with van der Waals surface area (Å²) in [4.78, 5) is 30.5. The predicted octanol–water partition coefficient (Wildman–Crippen LogP) is 4.03. The molecule has 2 aromatic carbocycles. The number of nitrogens with zero attached hydrogens (tertiary/aromatic N) is 1. The number of nitrogens with one attached hydrogen (secondary N) is 2. The number of pyridine rings is 1. The fourth-order valence-corrected chi connectivity index (χ4v) is 3.12. The first-order chi connectivity index (χ1) is 14.5.